The summed E-state index contributed by atoms with van der Waals surface area (Å²) >= 11 is 7.04. The van der Waals surface area contributed by atoms with Crippen LogP contribution in [0.2, 0.25) is 0 Å². The lowest BCUT2D eigenvalue weighted by Crippen LogP contribution is -1.99. The van der Waals surface area contributed by atoms with E-state index in [1.807, 2.05) is 24.5 Å². The highest BCUT2D eigenvalue weighted by atomic mass is 35.5. The average Bonchev–Trinajstić information content (AvgIpc) is 2.17. The molecule has 0 saturated carbocycles. The lowest BCUT2D eigenvalue weighted by atomic mass is 10.1. The van der Waals surface area contributed by atoms with Crippen molar-refractivity contribution in [3.8, 4) is 0 Å². The van der Waals surface area contributed by atoms with E-state index >= 15 is 0 Å². The van der Waals surface area contributed by atoms with Crippen molar-refractivity contribution in [2.45, 2.75) is 4.90 Å². The molecule has 12 heavy (non-hydrogen) atoms. The van der Waals surface area contributed by atoms with Crippen molar-refractivity contribution in [1.82, 2.24) is 0 Å². The second-order valence-electron chi connectivity index (χ2n) is 2.29. The van der Waals surface area contributed by atoms with E-state index in [1.54, 1.807) is 17.8 Å². The maximum Gasteiger partial charge on any atom is 0.177 e. The first-order valence-corrected chi connectivity index (χ1v) is 5.27. The molecule has 0 spiro atoms. The molecular formula is C9H9ClOS. The SMILES string of the molecule is CSc1cccc(C(=O)CCl)c1. The minimum atomic E-state index is -0.0208. The summed E-state index contributed by atoms with van der Waals surface area (Å²) in [6.07, 6.45) is 1.98. The van der Waals surface area contributed by atoms with Gasteiger partial charge in [-0.05, 0) is 18.4 Å². The van der Waals surface area contributed by atoms with Gasteiger partial charge in [-0.1, -0.05) is 12.1 Å². The Morgan fingerprint density at radius 3 is 2.92 bits per heavy atom. The number of hydrogen-bond acceptors (Lipinski definition) is 2. The van der Waals surface area contributed by atoms with Crippen molar-refractivity contribution < 1.29 is 4.79 Å². The summed E-state index contributed by atoms with van der Waals surface area (Å²) in [5, 5.41) is 0. The Bertz CT molecular complexity index is 286. The summed E-state index contributed by atoms with van der Waals surface area (Å²) in [7, 11) is 0. The second kappa shape index (κ2) is 4.53. The summed E-state index contributed by atoms with van der Waals surface area (Å²) in [4.78, 5) is 12.2. The molecule has 0 bridgehead atoms. The molecule has 0 N–H and O–H groups in total. The van der Waals surface area contributed by atoms with E-state index in [1.165, 1.54) is 0 Å². The molecule has 0 aromatic heterocycles. The number of Topliss-reactive ketones (excluding diaryl/α,β-unsaturated/α-hetero) is 1. The molecule has 0 aliphatic carbocycles. The van der Waals surface area contributed by atoms with Gasteiger partial charge in [0.05, 0.1) is 5.88 Å². The Morgan fingerprint density at radius 1 is 1.58 bits per heavy atom. The Hall–Kier alpha value is -0.470. The number of carbonyl (C=O) groups excluding carboxylic acids is 1. The van der Waals surface area contributed by atoms with E-state index in [4.69, 9.17) is 11.6 Å². The van der Waals surface area contributed by atoms with Crippen molar-refractivity contribution in [2.75, 3.05) is 12.1 Å². The molecule has 3 heteroatoms. The topological polar surface area (TPSA) is 17.1 Å². The Labute approximate surface area is 81.1 Å². The summed E-state index contributed by atoms with van der Waals surface area (Å²) < 4.78 is 0. The van der Waals surface area contributed by atoms with Crippen LogP contribution in [0.4, 0.5) is 0 Å². The largest absolute Gasteiger partial charge is 0.293 e. The smallest absolute Gasteiger partial charge is 0.177 e. The van der Waals surface area contributed by atoms with Gasteiger partial charge >= 0.3 is 0 Å². The van der Waals surface area contributed by atoms with Crippen LogP contribution < -0.4 is 0 Å². The molecule has 0 amide bonds. The van der Waals surface area contributed by atoms with Gasteiger partial charge in [0, 0.05) is 10.5 Å². The van der Waals surface area contributed by atoms with Crippen LogP contribution in [0.15, 0.2) is 29.2 Å². The van der Waals surface area contributed by atoms with Gasteiger partial charge in [0.15, 0.2) is 5.78 Å². The van der Waals surface area contributed by atoms with Crippen LogP contribution in [0.25, 0.3) is 0 Å². The van der Waals surface area contributed by atoms with Gasteiger partial charge < -0.3 is 0 Å². The maximum atomic E-state index is 11.1. The van der Waals surface area contributed by atoms with E-state index in [0.29, 0.717) is 5.56 Å². The molecule has 0 fully saturated rings. The van der Waals surface area contributed by atoms with Crippen LogP contribution >= 0.6 is 23.4 Å². The van der Waals surface area contributed by atoms with Crippen LogP contribution in [-0.4, -0.2) is 17.9 Å². The third-order valence-electron chi connectivity index (χ3n) is 1.51. The number of hydrogen-bond donors (Lipinski definition) is 0. The molecule has 1 nitrogen and oxygen atoms in total. The van der Waals surface area contributed by atoms with Crippen molar-refractivity contribution in [3.63, 3.8) is 0 Å². The number of halogens is 1. The first kappa shape index (κ1) is 9.62. The van der Waals surface area contributed by atoms with Gasteiger partial charge in [-0.3, -0.25) is 4.79 Å². The first-order valence-electron chi connectivity index (χ1n) is 3.51. The lowest BCUT2D eigenvalue weighted by molar-refractivity contribution is 0.102. The minimum Gasteiger partial charge on any atom is -0.293 e. The van der Waals surface area contributed by atoms with Gasteiger partial charge in [0.2, 0.25) is 0 Å². The number of ketones is 1. The Balaban J connectivity index is 2.93. The van der Waals surface area contributed by atoms with Gasteiger partial charge in [-0.15, -0.1) is 23.4 Å². The third kappa shape index (κ3) is 2.26. The Morgan fingerprint density at radius 2 is 2.33 bits per heavy atom. The molecule has 1 aromatic carbocycles. The summed E-state index contributed by atoms with van der Waals surface area (Å²) in [5.74, 6) is 0.0326. The Kier molecular flexibility index (Phi) is 3.63. The van der Waals surface area contributed by atoms with Crippen molar-refractivity contribution >= 4 is 29.1 Å². The minimum absolute atomic E-state index is 0.0208. The first-order chi connectivity index (χ1) is 5.77. The van der Waals surface area contributed by atoms with E-state index in [2.05, 4.69) is 0 Å². The summed E-state index contributed by atoms with van der Waals surface area (Å²) in [5.41, 5.74) is 0.692. The zero-order valence-corrected chi connectivity index (χ0v) is 8.28. The average molecular weight is 201 g/mol. The predicted octanol–water partition coefficient (Wildman–Crippen LogP) is 2.83. The molecular weight excluding hydrogens is 192 g/mol. The van der Waals surface area contributed by atoms with Gasteiger partial charge in [0.1, 0.15) is 0 Å². The number of rotatable bonds is 3. The van der Waals surface area contributed by atoms with Crippen molar-refractivity contribution in [3.05, 3.63) is 29.8 Å². The van der Waals surface area contributed by atoms with E-state index in [0.717, 1.165) is 4.90 Å². The van der Waals surface area contributed by atoms with Crippen LogP contribution in [0, 0.1) is 0 Å². The summed E-state index contributed by atoms with van der Waals surface area (Å²) in [6.45, 7) is 0. The lowest BCUT2D eigenvalue weighted by Gasteiger charge is -1.99. The molecule has 0 unspecified atom stereocenters. The zero-order chi connectivity index (χ0) is 8.97. The van der Waals surface area contributed by atoms with Crippen molar-refractivity contribution in [1.29, 1.82) is 0 Å². The molecule has 64 valence electrons. The fourth-order valence-electron chi connectivity index (χ4n) is 0.874. The highest BCUT2D eigenvalue weighted by molar-refractivity contribution is 7.98. The van der Waals surface area contributed by atoms with E-state index in [9.17, 15) is 4.79 Å². The van der Waals surface area contributed by atoms with Gasteiger partial charge in [-0.25, -0.2) is 0 Å². The predicted molar refractivity (Wildman–Crippen MR) is 53.3 cm³/mol. The van der Waals surface area contributed by atoms with Gasteiger partial charge in [-0.2, -0.15) is 0 Å². The number of thioether (sulfide) groups is 1. The highest BCUT2D eigenvalue weighted by Crippen LogP contribution is 2.16. The van der Waals surface area contributed by atoms with Crippen LogP contribution in [0.5, 0.6) is 0 Å². The molecule has 1 aromatic rings. The fourth-order valence-corrected chi connectivity index (χ4v) is 1.49. The van der Waals surface area contributed by atoms with E-state index < -0.39 is 0 Å². The number of alkyl halides is 1. The van der Waals surface area contributed by atoms with E-state index in [-0.39, 0.29) is 11.7 Å². The summed E-state index contributed by atoms with van der Waals surface area (Å²) in [6, 6.07) is 7.47. The normalized spacial score (nSPS) is 9.83. The fraction of sp³-hybridized carbons (Fsp3) is 0.222. The number of benzene rings is 1. The van der Waals surface area contributed by atoms with Gasteiger partial charge in [0.25, 0.3) is 0 Å². The van der Waals surface area contributed by atoms with Crippen LogP contribution in [-0.2, 0) is 0 Å². The van der Waals surface area contributed by atoms with Crippen LogP contribution in [0.1, 0.15) is 10.4 Å². The monoisotopic (exact) mass is 200 g/mol. The molecule has 1 rings (SSSR count). The molecule has 0 atom stereocenters. The molecule has 0 heterocycles. The third-order valence-corrected chi connectivity index (χ3v) is 2.48. The van der Waals surface area contributed by atoms with Crippen LogP contribution in [0.3, 0.4) is 0 Å². The molecule has 0 radical (unpaired) electrons. The maximum absolute atomic E-state index is 11.1. The van der Waals surface area contributed by atoms with Crippen molar-refractivity contribution in [2.24, 2.45) is 0 Å². The quantitative estimate of drug-likeness (QED) is 0.424. The molecule has 0 aliphatic heterocycles. The highest BCUT2D eigenvalue weighted by Gasteiger charge is 2.03. The number of carbonyl (C=O) groups is 1. The second-order valence-corrected chi connectivity index (χ2v) is 3.44. The zero-order valence-electron chi connectivity index (χ0n) is 6.71. The molecule has 0 saturated heterocycles. The molecule has 0 aliphatic rings. The standard InChI is InChI=1S/C9H9ClOS/c1-12-8-4-2-3-7(5-8)9(11)6-10/h2-5H,6H2,1H3.